The standard InChI is InChI=1S/C14H17Cl2N3O3/c1-4-22-12-10(15)5-9(6-11(12)16)7-17-19-14(21)13(20)18-8(2)3/h5-8H,4H2,1-3H3,(H,18,20)(H,19,21)/b17-7-. The molecule has 6 nitrogen and oxygen atoms in total. The highest BCUT2D eigenvalue weighted by Gasteiger charge is 2.13. The molecule has 0 aliphatic carbocycles. The molecule has 1 aromatic rings. The molecule has 0 radical (unpaired) electrons. The molecule has 0 fully saturated rings. The number of hydrogen-bond acceptors (Lipinski definition) is 4. The van der Waals surface area contributed by atoms with Gasteiger partial charge in [0, 0.05) is 6.04 Å². The lowest BCUT2D eigenvalue weighted by molar-refractivity contribution is -0.139. The number of nitrogens with zero attached hydrogens (tertiary/aromatic N) is 1. The number of benzene rings is 1. The molecular weight excluding hydrogens is 329 g/mol. The first-order chi connectivity index (χ1) is 10.3. The quantitative estimate of drug-likeness (QED) is 0.488. The first-order valence-corrected chi connectivity index (χ1v) is 7.36. The summed E-state index contributed by atoms with van der Waals surface area (Å²) in [5.74, 6) is -1.22. The molecule has 1 rings (SSSR count). The van der Waals surface area contributed by atoms with Crippen molar-refractivity contribution in [2.24, 2.45) is 5.10 Å². The minimum Gasteiger partial charge on any atom is -0.491 e. The minimum atomic E-state index is -0.854. The van der Waals surface area contributed by atoms with E-state index in [4.69, 9.17) is 27.9 Å². The molecule has 2 amide bonds. The van der Waals surface area contributed by atoms with Crippen molar-refractivity contribution >= 4 is 41.2 Å². The highest BCUT2D eigenvalue weighted by Crippen LogP contribution is 2.33. The Morgan fingerprint density at radius 1 is 1.27 bits per heavy atom. The fraction of sp³-hybridized carbons (Fsp3) is 0.357. The van der Waals surface area contributed by atoms with Crippen molar-refractivity contribution in [3.05, 3.63) is 27.7 Å². The van der Waals surface area contributed by atoms with Crippen LogP contribution in [0, 0.1) is 0 Å². The van der Waals surface area contributed by atoms with E-state index in [0.29, 0.717) is 28.0 Å². The van der Waals surface area contributed by atoms with Crippen molar-refractivity contribution < 1.29 is 14.3 Å². The van der Waals surface area contributed by atoms with Gasteiger partial charge < -0.3 is 10.1 Å². The molecule has 0 saturated carbocycles. The van der Waals surface area contributed by atoms with Crippen molar-refractivity contribution in [1.29, 1.82) is 0 Å². The molecule has 8 heteroatoms. The molecule has 0 atom stereocenters. The smallest absolute Gasteiger partial charge is 0.329 e. The van der Waals surface area contributed by atoms with Gasteiger partial charge in [-0.2, -0.15) is 5.10 Å². The van der Waals surface area contributed by atoms with Gasteiger partial charge in [-0.05, 0) is 38.5 Å². The van der Waals surface area contributed by atoms with Gasteiger partial charge in [-0.25, -0.2) is 5.43 Å². The lowest BCUT2D eigenvalue weighted by Crippen LogP contribution is -2.41. The van der Waals surface area contributed by atoms with Crippen molar-refractivity contribution in [2.75, 3.05) is 6.61 Å². The van der Waals surface area contributed by atoms with Crippen LogP contribution in [-0.4, -0.2) is 30.7 Å². The second kappa shape index (κ2) is 8.60. The molecule has 22 heavy (non-hydrogen) atoms. The van der Waals surface area contributed by atoms with Gasteiger partial charge in [-0.15, -0.1) is 0 Å². The van der Waals surface area contributed by atoms with Crippen molar-refractivity contribution in [3.63, 3.8) is 0 Å². The Labute approximate surface area is 138 Å². The van der Waals surface area contributed by atoms with Crippen LogP contribution in [-0.2, 0) is 9.59 Å². The Bertz CT molecular complexity index is 566. The second-order valence-corrected chi connectivity index (χ2v) is 5.39. The van der Waals surface area contributed by atoms with Crippen LogP contribution in [0.2, 0.25) is 10.0 Å². The van der Waals surface area contributed by atoms with Gasteiger partial charge in [-0.1, -0.05) is 23.2 Å². The van der Waals surface area contributed by atoms with E-state index in [2.05, 4.69) is 15.8 Å². The normalized spacial score (nSPS) is 10.8. The Hall–Kier alpha value is -1.79. The van der Waals surface area contributed by atoms with Gasteiger partial charge in [0.1, 0.15) is 0 Å². The number of carbonyl (C=O) groups excluding carboxylic acids is 2. The van der Waals surface area contributed by atoms with Crippen LogP contribution in [0.5, 0.6) is 5.75 Å². The summed E-state index contributed by atoms with van der Waals surface area (Å²) in [6.07, 6.45) is 1.33. The molecule has 0 aliphatic heterocycles. The first kappa shape index (κ1) is 18.3. The Morgan fingerprint density at radius 2 is 1.86 bits per heavy atom. The molecular formula is C14H17Cl2N3O3. The third kappa shape index (κ3) is 5.54. The number of amides is 2. The molecule has 2 N–H and O–H groups in total. The summed E-state index contributed by atoms with van der Waals surface area (Å²) in [6, 6.07) is 3.04. The van der Waals surface area contributed by atoms with Gasteiger partial charge in [0.15, 0.2) is 5.75 Å². The maximum atomic E-state index is 11.4. The molecule has 0 spiro atoms. The summed E-state index contributed by atoms with van der Waals surface area (Å²) in [5, 5.41) is 6.80. The number of nitrogens with one attached hydrogen (secondary N) is 2. The number of rotatable bonds is 5. The summed E-state index contributed by atoms with van der Waals surface area (Å²) >= 11 is 12.1. The second-order valence-electron chi connectivity index (χ2n) is 4.57. The van der Waals surface area contributed by atoms with Gasteiger partial charge in [0.05, 0.1) is 22.9 Å². The van der Waals surface area contributed by atoms with Crippen LogP contribution in [0.25, 0.3) is 0 Å². The fourth-order valence-electron chi connectivity index (χ4n) is 1.48. The van der Waals surface area contributed by atoms with E-state index in [0.717, 1.165) is 0 Å². The van der Waals surface area contributed by atoms with Crippen molar-refractivity contribution in [2.45, 2.75) is 26.8 Å². The van der Waals surface area contributed by atoms with Gasteiger partial charge in [-0.3, -0.25) is 9.59 Å². The van der Waals surface area contributed by atoms with E-state index in [1.165, 1.54) is 6.21 Å². The molecule has 1 aromatic carbocycles. The Balaban J connectivity index is 2.71. The SMILES string of the molecule is CCOc1c(Cl)cc(/C=N\NC(=O)C(=O)NC(C)C)cc1Cl. The van der Waals surface area contributed by atoms with E-state index in [-0.39, 0.29) is 6.04 Å². The van der Waals surface area contributed by atoms with Crippen LogP contribution in [0.4, 0.5) is 0 Å². The van der Waals surface area contributed by atoms with Gasteiger partial charge >= 0.3 is 11.8 Å². The predicted molar refractivity (Wildman–Crippen MR) is 86.6 cm³/mol. The number of hydrogen-bond donors (Lipinski definition) is 2. The molecule has 0 bridgehead atoms. The fourth-order valence-corrected chi connectivity index (χ4v) is 2.09. The third-order valence-corrected chi connectivity index (χ3v) is 2.88. The highest BCUT2D eigenvalue weighted by atomic mass is 35.5. The number of hydrazone groups is 1. The lowest BCUT2D eigenvalue weighted by atomic mass is 10.2. The molecule has 0 unspecified atom stereocenters. The maximum Gasteiger partial charge on any atom is 0.329 e. The van der Waals surface area contributed by atoms with Gasteiger partial charge in [0.2, 0.25) is 0 Å². The minimum absolute atomic E-state index is 0.133. The Kier molecular flexibility index (Phi) is 7.14. The van der Waals surface area contributed by atoms with Crippen LogP contribution in [0.3, 0.4) is 0 Å². The summed E-state index contributed by atoms with van der Waals surface area (Å²) in [4.78, 5) is 22.8. The summed E-state index contributed by atoms with van der Waals surface area (Å²) in [7, 11) is 0. The molecule has 0 heterocycles. The summed E-state index contributed by atoms with van der Waals surface area (Å²) in [6.45, 7) is 5.75. The Morgan fingerprint density at radius 3 is 2.36 bits per heavy atom. The van der Waals surface area contributed by atoms with E-state index in [1.54, 1.807) is 26.0 Å². The average molecular weight is 346 g/mol. The van der Waals surface area contributed by atoms with Gasteiger partial charge in [0.25, 0.3) is 0 Å². The van der Waals surface area contributed by atoms with E-state index in [9.17, 15) is 9.59 Å². The molecule has 0 aliphatic rings. The van der Waals surface area contributed by atoms with E-state index >= 15 is 0 Å². The van der Waals surface area contributed by atoms with Crippen LogP contribution in [0.15, 0.2) is 17.2 Å². The van der Waals surface area contributed by atoms with E-state index in [1.807, 2.05) is 6.92 Å². The predicted octanol–water partition coefficient (Wildman–Crippen LogP) is 2.37. The maximum absolute atomic E-state index is 11.4. The zero-order valence-corrected chi connectivity index (χ0v) is 14.0. The van der Waals surface area contributed by atoms with Crippen LogP contribution < -0.4 is 15.5 Å². The first-order valence-electron chi connectivity index (χ1n) is 6.60. The zero-order valence-electron chi connectivity index (χ0n) is 12.4. The molecule has 0 aromatic heterocycles. The highest BCUT2D eigenvalue weighted by molar-refractivity contribution is 6.37. The summed E-state index contributed by atoms with van der Waals surface area (Å²) < 4.78 is 5.30. The molecule has 0 saturated heterocycles. The molecule has 120 valence electrons. The lowest BCUT2D eigenvalue weighted by Gasteiger charge is -2.08. The summed E-state index contributed by atoms with van der Waals surface area (Å²) in [5.41, 5.74) is 2.67. The number of carbonyl (C=O) groups is 2. The van der Waals surface area contributed by atoms with Crippen molar-refractivity contribution in [1.82, 2.24) is 10.7 Å². The number of ether oxygens (including phenoxy) is 1. The van der Waals surface area contributed by atoms with E-state index < -0.39 is 11.8 Å². The van der Waals surface area contributed by atoms with Crippen LogP contribution >= 0.6 is 23.2 Å². The monoisotopic (exact) mass is 345 g/mol. The topological polar surface area (TPSA) is 79.8 Å². The average Bonchev–Trinajstić information content (AvgIpc) is 2.42. The zero-order chi connectivity index (χ0) is 16.7. The third-order valence-electron chi connectivity index (χ3n) is 2.32. The largest absolute Gasteiger partial charge is 0.491 e. The van der Waals surface area contributed by atoms with Crippen LogP contribution in [0.1, 0.15) is 26.3 Å². The van der Waals surface area contributed by atoms with Crippen molar-refractivity contribution in [3.8, 4) is 5.75 Å². The number of halogens is 2.